The Bertz CT molecular complexity index is 658. The molecule has 2 aromatic rings. The molecule has 0 fully saturated rings. The van der Waals surface area contributed by atoms with E-state index in [2.05, 4.69) is 0 Å². The largest absolute Gasteiger partial charge is 0.496 e. The fraction of sp³-hybridized carbons (Fsp3) is 0.188. The van der Waals surface area contributed by atoms with Gasteiger partial charge >= 0.3 is 0 Å². The van der Waals surface area contributed by atoms with E-state index in [4.69, 9.17) is 10.5 Å². The van der Waals surface area contributed by atoms with E-state index < -0.39 is 11.7 Å². The van der Waals surface area contributed by atoms with Crippen molar-refractivity contribution in [3.05, 3.63) is 53.8 Å². The molecule has 0 spiro atoms. The number of ether oxygens (including phenoxy) is 1. The Morgan fingerprint density at radius 2 is 1.95 bits per heavy atom. The highest BCUT2D eigenvalue weighted by molar-refractivity contribution is 6.11. The van der Waals surface area contributed by atoms with Gasteiger partial charge < -0.3 is 15.4 Å². The second kappa shape index (κ2) is 6.26. The predicted octanol–water partition coefficient (Wildman–Crippen LogP) is 3.08. The van der Waals surface area contributed by atoms with E-state index in [-0.39, 0.29) is 11.3 Å². The van der Waals surface area contributed by atoms with Gasteiger partial charge in [0.25, 0.3) is 5.91 Å². The van der Waals surface area contributed by atoms with Crippen LogP contribution in [0.15, 0.2) is 42.5 Å². The zero-order valence-electron chi connectivity index (χ0n) is 12.0. The van der Waals surface area contributed by atoms with E-state index in [0.29, 0.717) is 18.0 Å². The smallest absolute Gasteiger partial charge is 0.264 e. The van der Waals surface area contributed by atoms with Crippen LogP contribution < -0.4 is 15.4 Å². The van der Waals surface area contributed by atoms with Gasteiger partial charge in [-0.1, -0.05) is 18.2 Å². The molecule has 0 heterocycles. The Labute approximate surface area is 122 Å². The zero-order chi connectivity index (χ0) is 15.4. The molecule has 4 nitrogen and oxygen atoms in total. The Morgan fingerprint density at radius 3 is 2.57 bits per heavy atom. The van der Waals surface area contributed by atoms with E-state index >= 15 is 0 Å². The summed E-state index contributed by atoms with van der Waals surface area (Å²) >= 11 is 0. The molecule has 110 valence electrons. The summed E-state index contributed by atoms with van der Waals surface area (Å²) in [5.74, 6) is -0.478. The molecule has 0 bridgehead atoms. The molecule has 0 radical (unpaired) electrons. The fourth-order valence-corrected chi connectivity index (χ4v) is 2.18. The van der Waals surface area contributed by atoms with Gasteiger partial charge in [0, 0.05) is 12.2 Å². The van der Waals surface area contributed by atoms with Crippen molar-refractivity contribution in [2.45, 2.75) is 6.92 Å². The van der Waals surface area contributed by atoms with Crippen LogP contribution in [-0.4, -0.2) is 19.6 Å². The summed E-state index contributed by atoms with van der Waals surface area (Å²) in [5.41, 5.74) is 6.64. The highest BCUT2D eigenvalue weighted by Crippen LogP contribution is 2.28. The van der Waals surface area contributed by atoms with Gasteiger partial charge in [-0.15, -0.1) is 0 Å². The van der Waals surface area contributed by atoms with Gasteiger partial charge in [-0.05, 0) is 31.2 Å². The van der Waals surface area contributed by atoms with Crippen molar-refractivity contribution in [1.29, 1.82) is 0 Å². The third-order valence-electron chi connectivity index (χ3n) is 3.20. The zero-order valence-corrected chi connectivity index (χ0v) is 12.0. The van der Waals surface area contributed by atoms with Crippen LogP contribution in [0.1, 0.15) is 17.3 Å². The number of amides is 1. The van der Waals surface area contributed by atoms with Crippen LogP contribution in [0, 0.1) is 5.82 Å². The Balaban J connectivity index is 2.50. The number of hydrogen-bond acceptors (Lipinski definition) is 3. The van der Waals surface area contributed by atoms with E-state index in [0.717, 1.165) is 0 Å². The Morgan fingerprint density at radius 1 is 1.24 bits per heavy atom. The number of rotatable bonds is 4. The number of anilines is 2. The summed E-state index contributed by atoms with van der Waals surface area (Å²) < 4.78 is 19.1. The minimum atomic E-state index is -0.457. The molecule has 0 saturated carbocycles. The van der Waals surface area contributed by atoms with Gasteiger partial charge in [-0.3, -0.25) is 4.79 Å². The molecule has 0 aliphatic heterocycles. The van der Waals surface area contributed by atoms with Crippen molar-refractivity contribution < 1.29 is 13.9 Å². The maximum atomic E-state index is 13.9. The predicted molar refractivity (Wildman–Crippen MR) is 81.2 cm³/mol. The maximum Gasteiger partial charge on any atom is 0.264 e. The number of carbonyl (C=O) groups excluding carboxylic acids is 1. The molecular weight excluding hydrogens is 271 g/mol. The molecule has 21 heavy (non-hydrogen) atoms. The lowest BCUT2D eigenvalue weighted by atomic mass is 10.1. The SMILES string of the molecule is CCN(C(=O)c1c(N)cccc1OC)c1ccccc1F. The van der Waals surface area contributed by atoms with Crippen LogP contribution in [-0.2, 0) is 0 Å². The van der Waals surface area contributed by atoms with E-state index in [9.17, 15) is 9.18 Å². The van der Waals surface area contributed by atoms with Gasteiger partial charge in [0.05, 0.1) is 12.8 Å². The highest BCUT2D eigenvalue weighted by atomic mass is 19.1. The summed E-state index contributed by atoms with van der Waals surface area (Å²) in [4.78, 5) is 14.1. The minimum Gasteiger partial charge on any atom is -0.496 e. The van der Waals surface area contributed by atoms with Gasteiger partial charge in [0.2, 0.25) is 0 Å². The van der Waals surface area contributed by atoms with E-state index in [1.165, 1.54) is 18.1 Å². The Kier molecular flexibility index (Phi) is 4.42. The normalized spacial score (nSPS) is 10.2. The number of carbonyl (C=O) groups is 1. The van der Waals surface area contributed by atoms with Gasteiger partial charge in [-0.2, -0.15) is 0 Å². The molecule has 1 amide bonds. The first-order valence-electron chi connectivity index (χ1n) is 6.59. The number of para-hydroxylation sites is 1. The lowest BCUT2D eigenvalue weighted by Crippen LogP contribution is -2.32. The minimum absolute atomic E-state index is 0.218. The molecule has 0 aliphatic rings. The van der Waals surface area contributed by atoms with Crippen molar-refractivity contribution in [1.82, 2.24) is 0 Å². The maximum absolute atomic E-state index is 13.9. The molecule has 2 N–H and O–H groups in total. The second-order valence-electron chi connectivity index (χ2n) is 4.43. The van der Waals surface area contributed by atoms with Crippen LogP contribution in [0.5, 0.6) is 5.75 Å². The molecule has 2 rings (SSSR count). The van der Waals surface area contributed by atoms with Gasteiger partial charge in [0.15, 0.2) is 0 Å². The number of nitrogens with two attached hydrogens (primary N) is 1. The van der Waals surface area contributed by atoms with Crippen LogP contribution in [0.25, 0.3) is 0 Å². The molecule has 0 aromatic heterocycles. The summed E-state index contributed by atoms with van der Waals surface area (Å²) in [7, 11) is 1.46. The molecular formula is C16H17FN2O2. The first kappa shape index (κ1) is 14.8. The van der Waals surface area contributed by atoms with Crippen LogP contribution in [0.2, 0.25) is 0 Å². The summed E-state index contributed by atoms with van der Waals surface area (Å²) in [6, 6.07) is 11.1. The Hall–Kier alpha value is -2.56. The number of nitrogen functional groups attached to an aromatic ring is 1. The first-order chi connectivity index (χ1) is 10.1. The summed E-state index contributed by atoms with van der Waals surface area (Å²) in [6.07, 6.45) is 0. The van der Waals surface area contributed by atoms with Crippen molar-refractivity contribution in [3.63, 3.8) is 0 Å². The molecule has 5 heteroatoms. The summed E-state index contributed by atoms with van der Waals surface area (Å²) in [6.45, 7) is 2.09. The number of methoxy groups -OCH3 is 1. The molecule has 0 aliphatic carbocycles. The quantitative estimate of drug-likeness (QED) is 0.880. The molecule has 2 aromatic carbocycles. The fourth-order valence-electron chi connectivity index (χ4n) is 2.18. The van der Waals surface area contributed by atoms with E-state index in [1.54, 1.807) is 43.3 Å². The van der Waals surface area contributed by atoms with E-state index in [1.807, 2.05) is 0 Å². The second-order valence-corrected chi connectivity index (χ2v) is 4.43. The molecule has 0 unspecified atom stereocenters. The molecule has 0 atom stereocenters. The lowest BCUT2D eigenvalue weighted by Gasteiger charge is -2.23. The van der Waals surface area contributed by atoms with Crippen LogP contribution in [0.4, 0.5) is 15.8 Å². The number of nitrogens with zero attached hydrogens (tertiary/aromatic N) is 1. The standard InChI is InChI=1S/C16H17FN2O2/c1-3-19(13-9-5-4-7-11(13)17)16(20)15-12(18)8-6-10-14(15)21-2/h4-10H,3,18H2,1-2H3. The average molecular weight is 288 g/mol. The lowest BCUT2D eigenvalue weighted by molar-refractivity contribution is 0.0985. The third-order valence-corrected chi connectivity index (χ3v) is 3.20. The average Bonchev–Trinajstić information content (AvgIpc) is 2.49. The van der Waals surface area contributed by atoms with Gasteiger partial charge in [0.1, 0.15) is 17.1 Å². The molecule has 0 saturated heterocycles. The third kappa shape index (κ3) is 2.81. The number of halogens is 1. The summed E-state index contributed by atoms with van der Waals surface area (Å²) in [5, 5.41) is 0. The van der Waals surface area contributed by atoms with Crippen molar-refractivity contribution in [3.8, 4) is 5.75 Å². The van der Waals surface area contributed by atoms with Gasteiger partial charge in [-0.25, -0.2) is 4.39 Å². The van der Waals surface area contributed by atoms with Crippen LogP contribution >= 0.6 is 0 Å². The topological polar surface area (TPSA) is 55.6 Å². The number of benzene rings is 2. The van der Waals surface area contributed by atoms with Crippen molar-refractivity contribution in [2.24, 2.45) is 0 Å². The van der Waals surface area contributed by atoms with Crippen molar-refractivity contribution in [2.75, 3.05) is 24.3 Å². The number of hydrogen-bond donors (Lipinski definition) is 1. The van der Waals surface area contributed by atoms with Crippen molar-refractivity contribution >= 4 is 17.3 Å². The van der Waals surface area contributed by atoms with Crippen LogP contribution in [0.3, 0.4) is 0 Å². The first-order valence-corrected chi connectivity index (χ1v) is 6.59. The monoisotopic (exact) mass is 288 g/mol. The highest BCUT2D eigenvalue weighted by Gasteiger charge is 2.23.